The van der Waals surface area contributed by atoms with Crippen LogP contribution in [0.2, 0.25) is 0 Å². The second kappa shape index (κ2) is 13.6. The molecule has 0 aromatic heterocycles. The van der Waals surface area contributed by atoms with Crippen LogP contribution in [0.1, 0.15) is 56.2 Å². The van der Waals surface area contributed by atoms with Gasteiger partial charge in [-0.2, -0.15) is 0 Å². The van der Waals surface area contributed by atoms with E-state index in [1.54, 1.807) is 43.0 Å². The molecule has 0 nitrogen and oxygen atoms in total. The molecule has 2 atom stereocenters. The predicted octanol–water partition coefficient (Wildman–Crippen LogP) is 2.82. The van der Waals surface area contributed by atoms with Gasteiger partial charge in [0.2, 0.25) is 0 Å². The van der Waals surface area contributed by atoms with Crippen LogP contribution in [-0.4, -0.2) is 10.9 Å². The van der Waals surface area contributed by atoms with E-state index in [2.05, 4.69) is 172 Å². The van der Waals surface area contributed by atoms with Crippen molar-refractivity contribution in [2.45, 2.75) is 33.9 Å². The van der Waals surface area contributed by atoms with Crippen molar-refractivity contribution in [1.29, 1.82) is 0 Å². The molecule has 2 aliphatic heterocycles. The molecule has 6 aromatic carbocycles. The Morgan fingerprint density at radius 1 is 0.431 bits per heavy atom. The minimum atomic E-state index is -3.55. The Labute approximate surface area is 318 Å². The van der Waals surface area contributed by atoms with E-state index in [0.29, 0.717) is 7.25 Å². The topological polar surface area (TPSA) is 0 Å². The fraction of sp³-hybridized carbons (Fsp3) is 0.130. The summed E-state index contributed by atoms with van der Waals surface area (Å²) >= 11 is -3.55. The molecule has 0 radical (unpaired) electrons. The van der Waals surface area contributed by atoms with Crippen LogP contribution >= 0.6 is 0 Å². The monoisotopic (exact) mass is 806 g/mol. The summed E-state index contributed by atoms with van der Waals surface area (Å²) in [7, 11) is 0. The summed E-state index contributed by atoms with van der Waals surface area (Å²) < 4.78 is 1.15. The van der Waals surface area contributed by atoms with Crippen LogP contribution in [0.25, 0.3) is 34.4 Å². The Morgan fingerprint density at radius 3 is 1.14 bits per heavy atom. The Balaban J connectivity index is 0.00000187. The Morgan fingerprint density at radius 2 is 0.784 bits per heavy atom. The van der Waals surface area contributed by atoms with Crippen molar-refractivity contribution in [3.8, 4) is 22.3 Å². The van der Waals surface area contributed by atoms with E-state index >= 15 is 0 Å². The molecule has 6 aromatic rings. The SMILES string of the molecule is CCC1=Cc2c(-c3ccccc3)cccc2[CH]1[Zr+2]1([CH]2C(CC)=Cc3c(-c4ccccc4)cccc32)=[Si]2c3ccccc3[Si]=1c1ccccc12.[Cl-].[Cl-]. The smallest absolute Gasteiger partial charge is 1.00 e. The van der Waals surface area contributed by atoms with Crippen molar-refractivity contribution >= 4 is 43.8 Å². The van der Waals surface area contributed by atoms with Gasteiger partial charge in [0.1, 0.15) is 0 Å². The van der Waals surface area contributed by atoms with Gasteiger partial charge in [-0.15, -0.1) is 0 Å². The van der Waals surface area contributed by atoms with Crippen molar-refractivity contribution in [3.05, 3.63) is 179 Å². The van der Waals surface area contributed by atoms with Gasteiger partial charge in [0.15, 0.2) is 0 Å². The number of hydrogen-bond donors (Lipinski definition) is 0. The van der Waals surface area contributed by atoms with E-state index in [1.807, 2.05) is 0 Å². The minimum Gasteiger partial charge on any atom is -1.00 e. The van der Waals surface area contributed by atoms with Crippen LogP contribution in [-0.2, 0) is 17.5 Å². The quantitative estimate of drug-likeness (QED) is 0.227. The standard InChI is InChI=1S/2C17H15.C12H8Si2.2ClH.Zr/c2*1-2-13-11-15-9-6-10-16(17(15)12-13)14-7-4-3-5-8-14;1-2-6-10-9(5-1)13-11-7-3-4-8-12(11)14-10;;;/h2*3-12H,2H2,1H3;1-8H;2*1H;/q;;;;;+2/p-2. The fourth-order valence-corrected chi connectivity index (χ4v) is 82.4. The number of hydrogen-bond acceptors (Lipinski definition) is 0. The average molecular weight is 809 g/mol. The van der Waals surface area contributed by atoms with Crippen molar-refractivity contribution < 1.29 is 42.3 Å². The van der Waals surface area contributed by atoms with Crippen molar-refractivity contribution in [2.75, 3.05) is 0 Å². The van der Waals surface area contributed by atoms with E-state index < -0.39 is 28.4 Å². The van der Waals surface area contributed by atoms with E-state index in [-0.39, 0.29) is 24.8 Å². The summed E-state index contributed by atoms with van der Waals surface area (Å²) in [6, 6.07) is 56.8. The number of rotatable bonds is 6. The first-order valence-electron chi connectivity index (χ1n) is 18.0. The molecular formula is C46H38Cl2Si2Zr. The average Bonchev–Trinajstić information content (AvgIpc) is 3.90. The van der Waals surface area contributed by atoms with Crippen LogP contribution in [0.5, 0.6) is 0 Å². The molecule has 0 spiro atoms. The van der Waals surface area contributed by atoms with Crippen LogP contribution in [0.3, 0.4) is 0 Å². The molecule has 51 heavy (non-hydrogen) atoms. The molecule has 0 N–H and O–H groups in total. The van der Waals surface area contributed by atoms with Gasteiger partial charge >= 0.3 is 296 Å². The zero-order valence-corrected chi connectivity index (χ0v) is 34.8. The first-order valence-corrected chi connectivity index (χ1v) is 31.2. The van der Waals surface area contributed by atoms with Crippen LogP contribution < -0.4 is 45.6 Å². The van der Waals surface area contributed by atoms with Gasteiger partial charge in [0, 0.05) is 0 Å². The normalized spacial score (nSPS) is 16.9. The second-order valence-electron chi connectivity index (χ2n) is 14.1. The van der Waals surface area contributed by atoms with Gasteiger partial charge in [-0.05, 0) is 0 Å². The van der Waals surface area contributed by atoms with Crippen molar-refractivity contribution in [2.24, 2.45) is 0 Å². The summed E-state index contributed by atoms with van der Waals surface area (Å²) in [6.07, 6.45) is 7.62. The summed E-state index contributed by atoms with van der Waals surface area (Å²) in [4.78, 5) is 0. The molecule has 0 saturated heterocycles. The van der Waals surface area contributed by atoms with Crippen LogP contribution in [0, 0.1) is 0 Å². The van der Waals surface area contributed by atoms with Gasteiger partial charge in [0.05, 0.1) is 0 Å². The van der Waals surface area contributed by atoms with E-state index in [1.165, 1.54) is 33.4 Å². The summed E-state index contributed by atoms with van der Waals surface area (Å²) in [5.41, 5.74) is 13.3. The van der Waals surface area contributed by atoms with Crippen molar-refractivity contribution in [3.63, 3.8) is 0 Å². The van der Waals surface area contributed by atoms with Crippen LogP contribution in [0.4, 0.5) is 0 Å². The van der Waals surface area contributed by atoms with Crippen molar-refractivity contribution in [1.82, 2.24) is 0 Å². The zero-order valence-electron chi connectivity index (χ0n) is 28.8. The molecule has 2 heterocycles. The van der Waals surface area contributed by atoms with Gasteiger partial charge in [-0.3, -0.25) is 0 Å². The predicted molar refractivity (Wildman–Crippen MR) is 209 cm³/mol. The number of halogens is 2. The first-order chi connectivity index (χ1) is 24.3. The maximum atomic E-state index is 2.69. The molecule has 0 saturated carbocycles. The van der Waals surface area contributed by atoms with E-state index in [9.17, 15) is 0 Å². The van der Waals surface area contributed by atoms with Gasteiger partial charge < -0.3 is 24.8 Å². The molecule has 0 amide bonds. The molecule has 2 bridgehead atoms. The Kier molecular flexibility index (Phi) is 9.27. The zero-order chi connectivity index (χ0) is 32.7. The molecule has 248 valence electrons. The van der Waals surface area contributed by atoms with E-state index in [0.717, 1.165) is 12.8 Å². The molecule has 2 unspecified atom stereocenters. The summed E-state index contributed by atoms with van der Waals surface area (Å²) in [5.74, 6) is 0. The number of allylic oxidation sites excluding steroid dienone is 2. The largest absolute Gasteiger partial charge is 1.00 e. The van der Waals surface area contributed by atoms with Crippen LogP contribution in [0.15, 0.2) is 157 Å². The molecule has 10 rings (SSSR count). The van der Waals surface area contributed by atoms with Gasteiger partial charge in [-0.1, -0.05) is 0 Å². The summed E-state index contributed by atoms with van der Waals surface area (Å²) in [6.45, 7) is 4.90. The third kappa shape index (κ3) is 4.85. The molecule has 4 aliphatic rings. The number of benzene rings is 6. The fourth-order valence-electron chi connectivity index (χ4n) is 10.2. The minimum absolute atomic E-state index is 0. The maximum absolute atomic E-state index is 3.55. The summed E-state index contributed by atoms with van der Waals surface area (Å²) in [5, 5.41) is 7.12. The van der Waals surface area contributed by atoms with Gasteiger partial charge in [-0.25, -0.2) is 0 Å². The first kappa shape index (κ1) is 34.8. The molecular weight excluding hydrogens is 771 g/mol. The maximum Gasteiger partial charge on any atom is -1.00 e. The molecule has 2 aliphatic carbocycles. The Bertz CT molecular complexity index is 2330. The van der Waals surface area contributed by atoms with Gasteiger partial charge in [0.25, 0.3) is 0 Å². The second-order valence-corrected chi connectivity index (χ2v) is 45.0. The third-order valence-electron chi connectivity index (χ3n) is 12.0. The molecule has 5 heteroatoms. The van der Waals surface area contributed by atoms with E-state index in [4.69, 9.17) is 0 Å². The Hall–Kier alpha value is -3.30. The third-order valence-corrected chi connectivity index (χ3v) is 61.7. The molecule has 0 fully saturated rings. The number of fused-ring (bicyclic) bond motifs is 8.